The fourth-order valence-corrected chi connectivity index (χ4v) is 4.70. The number of alkyl halides is 3. The highest BCUT2D eigenvalue weighted by Gasteiger charge is 2.60. The van der Waals surface area contributed by atoms with Crippen LogP contribution in [0.2, 0.25) is 0 Å². The molecule has 7 nitrogen and oxygen atoms in total. The zero-order valence-electron chi connectivity index (χ0n) is 20.4. The van der Waals surface area contributed by atoms with E-state index in [2.05, 4.69) is 11.7 Å². The maximum absolute atomic E-state index is 13.7. The molecular formula is C28H25F3N2O5. The number of hydrogen-bond donors (Lipinski definition) is 0. The van der Waals surface area contributed by atoms with E-state index in [1.165, 1.54) is 29.3 Å². The van der Waals surface area contributed by atoms with Crippen molar-refractivity contribution in [3.8, 4) is 11.5 Å². The van der Waals surface area contributed by atoms with Gasteiger partial charge in [-0.25, -0.2) is 9.96 Å². The number of benzene rings is 3. The molecule has 0 spiro atoms. The molecule has 3 atom stereocenters. The first-order valence-electron chi connectivity index (χ1n) is 12.2. The first-order chi connectivity index (χ1) is 18.3. The van der Waals surface area contributed by atoms with E-state index < -0.39 is 36.2 Å². The molecule has 3 aromatic rings. The number of halogens is 3. The molecule has 2 heterocycles. The lowest BCUT2D eigenvalue weighted by atomic mass is 9.90. The molecule has 0 aromatic heterocycles. The number of ether oxygens (including phenoxy) is 2. The Balaban J connectivity index is 1.45. The topological polar surface area (TPSA) is 68.3 Å². The second-order valence-electron chi connectivity index (χ2n) is 8.98. The van der Waals surface area contributed by atoms with E-state index >= 15 is 0 Å². The number of carbonyl (C=O) groups excluding carboxylic acids is 2. The Hall–Kier alpha value is -4.05. The van der Waals surface area contributed by atoms with Gasteiger partial charge in [0.25, 0.3) is 5.91 Å². The standard InChI is InChI=1S/C28H25F3N2O5/c1-2-3-17-36-21-15-11-19(12-16-21)32-26(34)23-24(18-9-13-22(14-10-18)37-28(29,30)31)33(38-25(23)27(32)35)20-7-5-4-6-8-20/h4-16,23-25H,2-3,17H2,1H3/t23-,24-,25+/m1/s1. The highest BCUT2D eigenvalue weighted by Crippen LogP contribution is 2.48. The number of rotatable bonds is 8. The van der Waals surface area contributed by atoms with Gasteiger partial charge in [-0.2, -0.15) is 0 Å². The number of anilines is 2. The number of carbonyl (C=O) groups is 2. The van der Waals surface area contributed by atoms with E-state index in [1.807, 2.05) is 6.07 Å². The summed E-state index contributed by atoms with van der Waals surface area (Å²) in [5.41, 5.74) is 1.49. The van der Waals surface area contributed by atoms with Gasteiger partial charge in [0, 0.05) is 0 Å². The molecule has 2 fully saturated rings. The van der Waals surface area contributed by atoms with Gasteiger partial charge in [0.15, 0.2) is 6.10 Å². The molecule has 0 bridgehead atoms. The van der Waals surface area contributed by atoms with Crippen LogP contribution >= 0.6 is 0 Å². The summed E-state index contributed by atoms with van der Waals surface area (Å²) < 4.78 is 47.6. The number of unbranched alkanes of at least 4 members (excludes halogenated alkanes) is 1. The molecule has 0 N–H and O–H groups in total. The molecule has 5 rings (SSSR count). The van der Waals surface area contributed by atoms with Crippen LogP contribution in [0.4, 0.5) is 24.5 Å². The van der Waals surface area contributed by atoms with E-state index in [0.29, 0.717) is 29.3 Å². The molecule has 3 aromatic carbocycles. The number of imide groups is 1. The Morgan fingerprint density at radius 2 is 1.50 bits per heavy atom. The molecule has 0 aliphatic carbocycles. The lowest BCUT2D eigenvalue weighted by molar-refractivity contribution is -0.274. The first-order valence-corrected chi connectivity index (χ1v) is 12.2. The molecule has 2 aliphatic heterocycles. The molecule has 0 unspecified atom stereocenters. The third kappa shape index (κ3) is 5.04. The summed E-state index contributed by atoms with van der Waals surface area (Å²) in [5.74, 6) is -1.65. The predicted molar refractivity (Wildman–Crippen MR) is 132 cm³/mol. The Morgan fingerprint density at radius 1 is 0.842 bits per heavy atom. The zero-order valence-corrected chi connectivity index (χ0v) is 20.4. The summed E-state index contributed by atoms with van der Waals surface area (Å²) in [7, 11) is 0. The first kappa shape index (κ1) is 25.6. The van der Waals surface area contributed by atoms with Gasteiger partial charge in [0.2, 0.25) is 5.91 Å². The number of para-hydroxylation sites is 1. The highest BCUT2D eigenvalue weighted by molar-refractivity contribution is 6.23. The highest BCUT2D eigenvalue weighted by atomic mass is 19.4. The van der Waals surface area contributed by atoms with Crippen LogP contribution in [0.5, 0.6) is 11.5 Å². The van der Waals surface area contributed by atoms with Gasteiger partial charge in [0.05, 0.1) is 24.0 Å². The predicted octanol–water partition coefficient (Wildman–Crippen LogP) is 5.82. The summed E-state index contributed by atoms with van der Waals surface area (Å²) in [5, 5.41) is 1.48. The third-order valence-corrected chi connectivity index (χ3v) is 6.44. The Bertz CT molecular complexity index is 1280. The van der Waals surface area contributed by atoms with Crippen LogP contribution in [0, 0.1) is 5.92 Å². The quantitative estimate of drug-likeness (QED) is 0.272. The van der Waals surface area contributed by atoms with E-state index in [4.69, 9.17) is 9.57 Å². The number of hydrogen-bond acceptors (Lipinski definition) is 6. The number of fused-ring (bicyclic) bond motifs is 1. The van der Waals surface area contributed by atoms with Gasteiger partial charge in [0.1, 0.15) is 17.4 Å². The van der Waals surface area contributed by atoms with Gasteiger partial charge < -0.3 is 9.47 Å². The second-order valence-corrected chi connectivity index (χ2v) is 8.98. The molecule has 2 saturated heterocycles. The molecule has 10 heteroatoms. The van der Waals surface area contributed by atoms with Gasteiger partial charge in [-0.1, -0.05) is 43.7 Å². The Morgan fingerprint density at radius 3 is 2.13 bits per heavy atom. The normalized spacial score (nSPS) is 21.1. The summed E-state index contributed by atoms with van der Waals surface area (Å²) >= 11 is 0. The van der Waals surface area contributed by atoms with Crippen LogP contribution in [0.1, 0.15) is 31.4 Å². The van der Waals surface area contributed by atoms with Crippen molar-refractivity contribution in [3.05, 3.63) is 84.4 Å². The molecule has 2 aliphatic rings. The van der Waals surface area contributed by atoms with Crippen molar-refractivity contribution >= 4 is 23.2 Å². The lowest BCUT2D eigenvalue weighted by Crippen LogP contribution is -2.37. The fraction of sp³-hybridized carbons (Fsp3) is 0.286. The number of amides is 2. The van der Waals surface area contributed by atoms with Crippen molar-refractivity contribution in [1.29, 1.82) is 0 Å². The molecule has 198 valence electrons. The van der Waals surface area contributed by atoms with Crippen molar-refractivity contribution in [2.45, 2.75) is 38.3 Å². The second kappa shape index (κ2) is 10.4. The minimum absolute atomic E-state index is 0.389. The van der Waals surface area contributed by atoms with Crippen LogP contribution in [0.3, 0.4) is 0 Å². The van der Waals surface area contributed by atoms with Gasteiger partial charge >= 0.3 is 6.36 Å². The Labute approximate surface area is 217 Å². The van der Waals surface area contributed by atoms with Crippen LogP contribution in [0.15, 0.2) is 78.9 Å². The molecular weight excluding hydrogens is 501 g/mol. The zero-order chi connectivity index (χ0) is 26.9. The maximum Gasteiger partial charge on any atom is 0.573 e. The largest absolute Gasteiger partial charge is 0.573 e. The van der Waals surface area contributed by atoms with Crippen molar-refractivity contribution < 1.29 is 37.1 Å². The van der Waals surface area contributed by atoms with Crippen LogP contribution in [0.25, 0.3) is 0 Å². The van der Waals surface area contributed by atoms with Crippen molar-refractivity contribution in [3.63, 3.8) is 0 Å². The molecule has 2 amide bonds. The average molecular weight is 527 g/mol. The maximum atomic E-state index is 13.7. The molecule has 0 radical (unpaired) electrons. The average Bonchev–Trinajstić information content (AvgIpc) is 3.41. The summed E-state index contributed by atoms with van der Waals surface area (Å²) in [4.78, 5) is 34.3. The van der Waals surface area contributed by atoms with Crippen molar-refractivity contribution in [1.82, 2.24) is 0 Å². The minimum Gasteiger partial charge on any atom is -0.494 e. The summed E-state index contributed by atoms with van der Waals surface area (Å²) in [6.45, 7) is 2.63. The van der Waals surface area contributed by atoms with Crippen molar-refractivity contribution in [2.75, 3.05) is 16.6 Å². The van der Waals surface area contributed by atoms with E-state index in [1.54, 1.807) is 48.5 Å². The fourth-order valence-electron chi connectivity index (χ4n) is 4.70. The van der Waals surface area contributed by atoms with E-state index in [0.717, 1.165) is 17.7 Å². The minimum atomic E-state index is -4.83. The van der Waals surface area contributed by atoms with Gasteiger partial charge in [-0.05, 0) is 60.5 Å². The molecule has 38 heavy (non-hydrogen) atoms. The summed E-state index contributed by atoms with van der Waals surface area (Å²) in [6, 6.07) is 20.1. The van der Waals surface area contributed by atoms with Crippen molar-refractivity contribution in [2.24, 2.45) is 5.92 Å². The number of nitrogens with zero attached hydrogens (tertiary/aromatic N) is 2. The smallest absolute Gasteiger partial charge is 0.494 e. The van der Waals surface area contributed by atoms with Gasteiger partial charge in [-0.3, -0.25) is 14.4 Å². The molecule has 0 saturated carbocycles. The van der Waals surface area contributed by atoms with E-state index in [9.17, 15) is 22.8 Å². The number of hydroxylamine groups is 1. The summed E-state index contributed by atoms with van der Waals surface area (Å²) in [6.07, 6.45) is -4.02. The third-order valence-electron chi connectivity index (χ3n) is 6.44. The van der Waals surface area contributed by atoms with Gasteiger partial charge in [-0.15, -0.1) is 13.2 Å². The SMILES string of the molecule is CCCCOc1ccc(N2C(=O)[C@H]3[C@H](ON(c4ccccc4)[C@@H]3c3ccc(OC(F)(F)F)cc3)C2=O)cc1. The van der Waals surface area contributed by atoms with Crippen LogP contribution in [-0.4, -0.2) is 30.9 Å². The van der Waals surface area contributed by atoms with Crippen LogP contribution < -0.4 is 19.4 Å². The lowest BCUT2D eigenvalue weighted by Gasteiger charge is -2.29. The van der Waals surface area contributed by atoms with Crippen LogP contribution in [-0.2, 0) is 14.4 Å². The monoisotopic (exact) mass is 526 g/mol. The Kier molecular flexibility index (Phi) is 6.98. The van der Waals surface area contributed by atoms with E-state index in [-0.39, 0.29) is 5.75 Å².